The van der Waals surface area contributed by atoms with Gasteiger partial charge in [-0.05, 0) is 36.2 Å². The minimum absolute atomic E-state index is 0.701. The Kier molecular flexibility index (Phi) is 6.58. The van der Waals surface area contributed by atoms with E-state index in [0.717, 1.165) is 43.2 Å². The van der Waals surface area contributed by atoms with E-state index in [1.807, 2.05) is 17.5 Å². The van der Waals surface area contributed by atoms with E-state index in [-0.39, 0.29) is 0 Å². The molecule has 2 aromatic heterocycles. The third kappa shape index (κ3) is 5.54. The van der Waals surface area contributed by atoms with Crippen LogP contribution in [0.5, 0.6) is 0 Å². The number of rotatable bonds is 9. The van der Waals surface area contributed by atoms with E-state index in [1.54, 1.807) is 11.3 Å². The van der Waals surface area contributed by atoms with E-state index in [4.69, 9.17) is 4.52 Å². The van der Waals surface area contributed by atoms with Crippen molar-refractivity contribution < 1.29 is 4.52 Å². The lowest BCUT2D eigenvalue weighted by Gasteiger charge is -2.25. The Labute approximate surface area is 137 Å². The maximum atomic E-state index is 5.36. The van der Waals surface area contributed by atoms with Crippen molar-refractivity contribution in [3.8, 4) is 10.7 Å². The highest BCUT2D eigenvalue weighted by atomic mass is 32.1. The highest BCUT2D eigenvalue weighted by Crippen LogP contribution is 2.21. The zero-order valence-corrected chi connectivity index (χ0v) is 14.9. The van der Waals surface area contributed by atoms with Gasteiger partial charge in [-0.15, -0.1) is 11.3 Å². The molecule has 4 nitrogen and oxygen atoms in total. The van der Waals surface area contributed by atoms with E-state index < -0.39 is 0 Å². The number of nitrogens with zero attached hydrogens (tertiary/aromatic N) is 3. The van der Waals surface area contributed by atoms with Crippen molar-refractivity contribution in [2.45, 2.75) is 40.5 Å². The minimum atomic E-state index is 0.701. The predicted octanol–water partition coefficient (Wildman–Crippen LogP) is 4.34. The Morgan fingerprint density at radius 1 is 1.18 bits per heavy atom. The van der Waals surface area contributed by atoms with Crippen molar-refractivity contribution in [2.75, 3.05) is 19.6 Å². The standard InChI is InChI=1S/C17H27N3OS/c1-13(2)11-20(12-14(3)4)9-5-8-16-18-17(19-21-16)15-7-6-10-22-15/h6-7,10,13-14H,5,8-9,11-12H2,1-4H3. The summed E-state index contributed by atoms with van der Waals surface area (Å²) in [4.78, 5) is 8.10. The van der Waals surface area contributed by atoms with Crippen LogP contribution in [0.25, 0.3) is 10.7 Å². The summed E-state index contributed by atoms with van der Waals surface area (Å²) < 4.78 is 5.36. The lowest BCUT2D eigenvalue weighted by Crippen LogP contribution is -2.32. The zero-order valence-electron chi connectivity index (χ0n) is 14.1. The maximum Gasteiger partial charge on any atom is 0.227 e. The molecular formula is C17H27N3OS. The van der Waals surface area contributed by atoms with Crippen LogP contribution in [-0.2, 0) is 6.42 Å². The molecule has 0 N–H and O–H groups in total. The van der Waals surface area contributed by atoms with Crippen LogP contribution in [0, 0.1) is 11.8 Å². The third-order valence-corrected chi connectivity index (χ3v) is 4.19. The van der Waals surface area contributed by atoms with E-state index in [9.17, 15) is 0 Å². The van der Waals surface area contributed by atoms with Crippen LogP contribution in [0.2, 0.25) is 0 Å². The van der Waals surface area contributed by atoms with Gasteiger partial charge >= 0.3 is 0 Å². The smallest absolute Gasteiger partial charge is 0.227 e. The van der Waals surface area contributed by atoms with Gasteiger partial charge in [-0.3, -0.25) is 0 Å². The first kappa shape index (κ1) is 17.2. The van der Waals surface area contributed by atoms with Crippen molar-refractivity contribution in [2.24, 2.45) is 11.8 Å². The Morgan fingerprint density at radius 2 is 1.91 bits per heavy atom. The van der Waals surface area contributed by atoms with E-state index in [0.29, 0.717) is 17.7 Å². The van der Waals surface area contributed by atoms with E-state index >= 15 is 0 Å². The molecule has 0 radical (unpaired) electrons. The van der Waals surface area contributed by atoms with Crippen LogP contribution in [0.15, 0.2) is 22.0 Å². The maximum absolute atomic E-state index is 5.36. The highest BCUT2D eigenvalue weighted by molar-refractivity contribution is 7.13. The Balaban J connectivity index is 1.81. The van der Waals surface area contributed by atoms with E-state index in [2.05, 4.69) is 42.7 Å². The molecule has 0 saturated heterocycles. The average molecular weight is 321 g/mol. The number of hydrogen-bond donors (Lipinski definition) is 0. The van der Waals surface area contributed by atoms with Gasteiger partial charge in [0.15, 0.2) is 0 Å². The van der Waals surface area contributed by atoms with Crippen molar-refractivity contribution >= 4 is 11.3 Å². The molecule has 2 heterocycles. The first-order valence-electron chi connectivity index (χ1n) is 8.13. The van der Waals surface area contributed by atoms with Gasteiger partial charge in [0.2, 0.25) is 11.7 Å². The van der Waals surface area contributed by atoms with Gasteiger partial charge in [-0.1, -0.05) is 38.9 Å². The molecule has 0 aliphatic carbocycles. The Morgan fingerprint density at radius 3 is 2.50 bits per heavy atom. The lowest BCUT2D eigenvalue weighted by molar-refractivity contribution is 0.214. The van der Waals surface area contributed by atoms with Gasteiger partial charge in [0.1, 0.15) is 0 Å². The molecule has 0 atom stereocenters. The molecule has 0 bridgehead atoms. The third-order valence-electron chi connectivity index (χ3n) is 3.32. The fourth-order valence-corrected chi connectivity index (χ4v) is 3.26. The fourth-order valence-electron chi connectivity index (χ4n) is 2.61. The Bertz CT molecular complexity index is 524. The molecular weight excluding hydrogens is 294 g/mol. The summed E-state index contributed by atoms with van der Waals surface area (Å²) in [5.41, 5.74) is 0. The van der Waals surface area contributed by atoms with Crippen molar-refractivity contribution in [3.63, 3.8) is 0 Å². The lowest BCUT2D eigenvalue weighted by atomic mass is 10.1. The summed E-state index contributed by atoms with van der Waals surface area (Å²) in [6.07, 6.45) is 1.91. The monoisotopic (exact) mass is 321 g/mol. The quantitative estimate of drug-likeness (QED) is 0.689. The number of thiophene rings is 1. The van der Waals surface area contributed by atoms with Crippen molar-refractivity contribution in [1.29, 1.82) is 0 Å². The van der Waals surface area contributed by atoms with Gasteiger partial charge in [-0.2, -0.15) is 4.98 Å². The molecule has 0 aliphatic heterocycles. The molecule has 22 heavy (non-hydrogen) atoms. The van der Waals surface area contributed by atoms with Gasteiger partial charge in [0.05, 0.1) is 4.88 Å². The summed E-state index contributed by atoms with van der Waals surface area (Å²) in [6, 6.07) is 4.03. The van der Waals surface area contributed by atoms with Crippen LogP contribution in [0.4, 0.5) is 0 Å². The van der Waals surface area contributed by atoms with Crippen LogP contribution >= 0.6 is 11.3 Å². The fraction of sp³-hybridized carbons (Fsp3) is 0.647. The summed E-state index contributed by atoms with van der Waals surface area (Å²) in [5, 5.41) is 6.09. The zero-order chi connectivity index (χ0) is 15.9. The van der Waals surface area contributed by atoms with E-state index in [1.165, 1.54) is 0 Å². The van der Waals surface area contributed by atoms with Crippen molar-refractivity contribution in [3.05, 3.63) is 23.4 Å². The molecule has 0 aliphatic rings. The molecule has 2 rings (SSSR count). The molecule has 5 heteroatoms. The molecule has 0 fully saturated rings. The molecule has 2 aromatic rings. The topological polar surface area (TPSA) is 42.2 Å². The highest BCUT2D eigenvalue weighted by Gasteiger charge is 2.12. The molecule has 0 spiro atoms. The van der Waals surface area contributed by atoms with Gasteiger partial charge in [0.25, 0.3) is 0 Å². The summed E-state index contributed by atoms with van der Waals surface area (Å²) >= 11 is 1.64. The minimum Gasteiger partial charge on any atom is -0.339 e. The predicted molar refractivity (Wildman–Crippen MR) is 92.0 cm³/mol. The van der Waals surface area contributed by atoms with Gasteiger partial charge in [0, 0.05) is 19.5 Å². The van der Waals surface area contributed by atoms with Crippen LogP contribution in [0.3, 0.4) is 0 Å². The summed E-state index contributed by atoms with van der Waals surface area (Å²) in [7, 11) is 0. The summed E-state index contributed by atoms with van der Waals surface area (Å²) in [5.74, 6) is 2.86. The second kappa shape index (κ2) is 8.44. The van der Waals surface area contributed by atoms with Crippen molar-refractivity contribution in [1.82, 2.24) is 15.0 Å². The molecule has 0 aromatic carbocycles. The average Bonchev–Trinajstić information content (AvgIpc) is 3.07. The normalized spacial score (nSPS) is 12.0. The Hall–Kier alpha value is -1.20. The SMILES string of the molecule is CC(C)CN(CCCc1nc(-c2cccs2)no1)CC(C)C. The molecule has 122 valence electrons. The second-order valence-corrected chi connectivity index (χ2v) is 7.59. The molecule has 0 saturated carbocycles. The van der Waals surface area contributed by atoms with Crippen LogP contribution in [-0.4, -0.2) is 34.7 Å². The second-order valence-electron chi connectivity index (χ2n) is 6.64. The number of aromatic nitrogens is 2. The number of hydrogen-bond acceptors (Lipinski definition) is 5. The van der Waals surface area contributed by atoms with Crippen LogP contribution in [0.1, 0.15) is 40.0 Å². The van der Waals surface area contributed by atoms with Crippen LogP contribution < -0.4 is 0 Å². The molecule has 0 amide bonds. The first-order valence-corrected chi connectivity index (χ1v) is 9.01. The first-order chi connectivity index (χ1) is 10.5. The molecule has 0 unspecified atom stereocenters. The van der Waals surface area contributed by atoms with Gasteiger partial charge < -0.3 is 9.42 Å². The number of aryl methyl sites for hydroxylation is 1. The van der Waals surface area contributed by atoms with Gasteiger partial charge in [-0.25, -0.2) is 0 Å². The largest absolute Gasteiger partial charge is 0.339 e. The summed E-state index contributed by atoms with van der Waals surface area (Å²) in [6.45, 7) is 12.5.